The summed E-state index contributed by atoms with van der Waals surface area (Å²) >= 11 is 3.48. The third-order valence-electron chi connectivity index (χ3n) is 4.49. The van der Waals surface area contributed by atoms with E-state index in [0.29, 0.717) is 43.3 Å². The number of halogens is 1. The van der Waals surface area contributed by atoms with Gasteiger partial charge in [-0.05, 0) is 42.8 Å². The number of hydrogen-bond donors (Lipinski definition) is 1. The smallest absolute Gasteiger partial charge is 0.278 e. The molecule has 1 fully saturated rings. The van der Waals surface area contributed by atoms with Gasteiger partial charge in [0.15, 0.2) is 11.5 Å². The van der Waals surface area contributed by atoms with Crippen LogP contribution in [-0.4, -0.2) is 42.2 Å². The van der Waals surface area contributed by atoms with Crippen molar-refractivity contribution in [3.63, 3.8) is 0 Å². The van der Waals surface area contributed by atoms with E-state index in [1.807, 2.05) is 49.4 Å². The van der Waals surface area contributed by atoms with Crippen LogP contribution in [0.5, 0.6) is 0 Å². The average Bonchev–Trinajstić information content (AvgIpc) is 2.70. The Morgan fingerprint density at radius 3 is 2.52 bits per heavy atom. The first-order chi connectivity index (χ1) is 13.1. The quantitative estimate of drug-likeness (QED) is 0.689. The third-order valence-corrected chi connectivity index (χ3v) is 5.38. The molecule has 1 amide bonds. The number of amides is 1. The van der Waals surface area contributed by atoms with Crippen molar-refractivity contribution in [1.29, 1.82) is 0 Å². The van der Waals surface area contributed by atoms with Crippen LogP contribution < -0.4 is 10.2 Å². The zero-order valence-electron chi connectivity index (χ0n) is 14.9. The fourth-order valence-electron chi connectivity index (χ4n) is 3.05. The number of para-hydroxylation sites is 2. The highest BCUT2D eigenvalue weighted by molar-refractivity contribution is 9.10. The molecule has 1 saturated heterocycles. The first-order valence-electron chi connectivity index (χ1n) is 8.79. The van der Waals surface area contributed by atoms with E-state index in [2.05, 4.69) is 31.1 Å². The van der Waals surface area contributed by atoms with Gasteiger partial charge in [0, 0.05) is 23.2 Å². The first-order valence-corrected chi connectivity index (χ1v) is 9.58. The van der Waals surface area contributed by atoms with Gasteiger partial charge >= 0.3 is 0 Å². The fourth-order valence-corrected chi connectivity index (χ4v) is 3.30. The number of morpholine rings is 1. The molecule has 0 radical (unpaired) electrons. The second-order valence-corrected chi connectivity index (χ2v) is 7.26. The fraction of sp³-hybridized carbons (Fsp3) is 0.250. The summed E-state index contributed by atoms with van der Waals surface area (Å²) in [6, 6.07) is 13.3. The molecule has 6 nitrogen and oxygen atoms in total. The third kappa shape index (κ3) is 3.79. The summed E-state index contributed by atoms with van der Waals surface area (Å²) in [6.45, 7) is 4.58. The second kappa shape index (κ2) is 7.62. The van der Waals surface area contributed by atoms with Crippen molar-refractivity contribution in [1.82, 2.24) is 9.97 Å². The number of anilines is 2. The zero-order valence-corrected chi connectivity index (χ0v) is 16.5. The summed E-state index contributed by atoms with van der Waals surface area (Å²) in [5.41, 5.74) is 3.58. The summed E-state index contributed by atoms with van der Waals surface area (Å²) in [5, 5.41) is 2.95. The minimum atomic E-state index is -0.267. The molecule has 1 aliphatic heterocycles. The van der Waals surface area contributed by atoms with Gasteiger partial charge in [-0.2, -0.15) is 0 Å². The van der Waals surface area contributed by atoms with Gasteiger partial charge in [0.05, 0.1) is 24.2 Å². The number of carbonyl (C=O) groups excluding carboxylic acids is 1. The number of ether oxygens (including phenoxy) is 1. The number of aryl methyl sites for hydroxylation is 1. The van der Waals surface area contributed by atoms with Crippen molar-refractivity contribution in [2.24, 2.45) is 0 Å². The van der Waals surface area contributed by atoms with Crippen LogP contribution in [0, 0.1) is 6.92 Å². The number of fused-ring (bicyclic) bond motifs is 1. The largest absolute Gasteiger partial charge is 0.378 e. The Morgan fingerprint density at radius 2 is 1.81 bits per heavy atom. The van der Waals surface area contributed by atoms with Crippen molar-refractivity contribution in [2.75, 3.05) is 36.5 Å². The number of benzene rings is 2. The Labute approximate surface area is 165 Å². The van der Waals surface area contributed by atoms with Gasteiger partial charge in [-0.3, -0.25) is 4.79 Å². The number of aromatic nitrogens is 2. The van der Waals surface area contributed by atoms with Gasteiger partial charge in [0.1, 0.15) is 0 Å². The molecule has 2 aromatic carbocycles. The molecule has 27 heavy (non-hydrogen) atoms. The van der Waals surface area contributed by atoms with Gasteiger partial charge in [-0.25, -0.2) is 9.97 Å². The van der Waals surface area contributed by atoms with Crippen LogP contribution in [0.3, 0.4) is 0 Å². The van der Waals surface area contributed by atoms with Crippen molar-refractivity contribution in [3.05, 3.63) is 58.2 Å². The van der Waals surface area contributed by atoms with Crippen molar-refractivity contribution in [2.45, 2.75) is 6.92 Å². The molecular formula is C20H19BrN4O2. The van der Waals surface area contributed by atoms with Gasteiger partial charge in [0.2, 0.25) is 0 Å². The van der Waals surface area contributed by atoms with Gasteiger partial charge in [-0.15, -0.1) is 0 Å². The SMILES string of the molecule is Cc1cc(NC(=O)c2nc3ccccc3nc2N2CCOCC2)ccc1Br. The molecular weight excluding hydrogens is 408 g/mol. The Kier molecular flexibility index (Phi) is 5.05. The summed E-state index contributed by atoms with van der Waals surface area (Å²) in [7, 11) is 0. The molecule has 1 aromatic heterocycles. The van der Waals surface area contributed by atoms with Crippen molar-refractivity contribution >= 4 is 44.4 Å². The molecule has 2 heterocycles. The molecule has 7 heteroatoms. The maximum atomic E-state index is 13.0. The standard InChI is InChI=1S/C20H19BrN4O2/c1-13-12-14(6-7-15(13)21)22-20(26)18-19(25-8-10-27-11-9-25)24-17-5-3-2-4-16(17)23-18/h2-7,12H,8-11H2,1H3,(H,22,26). The molecule has 0 aliphatic carbocycles. The highest BCUT2D eigenvalue weighted by Crippen LogP contribution is 2.24. The minimum Gasteiger partial charge on any atom is -0.378 e. The van der Waals surface area contributed by atoms with E-state index in [0.717, 1.165) is 21.2 Å². The maximum Gasteiger partial charge on any atom is 0.278 e. The maximum absolute atomic E-state index is 13.0. The van der Waals surface area contributed by atoms with E-state index in [-0.39, 0.29) is 5.91 Å². The molecule has 138 valence electrons. The summed E-state index contributed by atoms with van der Waals surface area (Å²) in [4.78, 5) is 24.4. The molecule has 0 bridgehead atoms. The molecule has 0 unspecified atom stereocenters. The monoisotopic (exact) mass is 426 g/mol. The van der Waals surface area contributed by atoms with Gasteiger partial charge in [0.25, 0.3) is 5.91 Å². The van der Waals surface area contributed by atoms with E-state index >= 15 is 0 Å². The van der Waals surface area contributed by atoms with Gasteiger partial charge < -0.3 is 15.0 Å². The number of rotatable bonds is 3. The van der Waals surface area contributed by atoms with Crippen LogP contribution in [0.1, 0.15) is 16.1 Å². The van der Waals surface area contributed by atoms with Crippen molar-refractivity contribution in [3.8, 4) is 0 Å². The van der Waals surface area contributed by atoms with E-state index in [1.165, 1.54) is 0 Å². The van der Waals surface area contributed by atoms with Crippen LogP contribution in [0.4, 0.5) is 11.5 Å². The lowest BCUT2D eigenvalue weighted by Gasteiger charge is -2.29. The summed E-state index contributed by atoms with van der Waals surface area (Å²) in [5.74, 6) is 0.333. The number of carbonyl (C=O) groups is 1. The lowest BCUT2D eigenvalue weighted by molar-refractivity contribution is 0.102. The highest BCUT2D eigenvalue weighted by Gasteiger charge is 2.23. The molecule has 4 rings (SSSR count). The second-order valence-electron chi connectivity index (χ2n) is 6.40. The Morgan fingerprint density at radius 1 is 1.11 bits per heavy atom. The van der Waals surface area contributed by atoms with E-state index in [9.17, 15) is 4.79 Å². The van der Waals surface area contributed by atoms with Crippen LogP contribution in [0.25, 0.3) is 11.0 Å². The number of nitrogens with one attached hydrogen (secondary N) is 1. The summed E-state index contributed by atoms with van der Waals surface area (Å²) < 4.78 is 6.43. The zero-order chi connectivity index (χ0) is 18.8. The topological polar surface area (TPSA) is 67.4 Å². The summed E-state index contributed by atoms with van der Waals surface area (Å²) in [6.07, 6.45) is 0. The van der Waals surface area contributed by atoms with Crippen LogP contribution in [-0.2, 0) is 4.74 Å². The van der Waals surface area contributed by atoms with E-state index in [1.54, 1.807) is 0 Å². The molecule has 0 spiro atoms. The lowest BCUT2D eigenvalue weighted by atomic mass is 10.2. The Bertz CT molecular complexity index is 1000. The average molecular weight is 427 g/mol. The predicted octanol–water partition coefficient (Wildman–Crippen LogP) is 3.79. The van der Waals surface area contributed by atoms with Gasteiger partial charge in [-0.1, -0.05) is 28.1 Å². The Hall–Kier alpha value is -2.51. The van der Waals surface area contributed by atoms with Crippen molar-refractivity contribution < 1.29 is 9.53 Å². The molecule has 0 atom stereocenters. The Balaban J connectivity index is 1.73. The normalized spacial score (nSPS) is 14.4. The number of nitrogens with zero attached hydrogens (tertiary/aromatic N) is 3. The molecule has 1 N–H and O–H groups in total. The molecule has 3 aromatic rings. The predicted molar refractivity (Wildman–Crippen MR) is 109 cm³/mol. The van der Waals surface area contributed by atoms with Crippen LogP contribution in [0.2, 0.25) is 0 Å². The van der Waals surface area contributed by atoms with E-state index < -0.39 is 0 Å². The lowest BCUT2D eigenvalue weighted by Crippen LogP contribution is -2.38. The van der Waals surface area contributed by atoms with Crippen LogP contribution >= 0.6 is 15.9 Å². The molecule has 1 aliphatic rings. The van der Waals surface area contributed by atoms with Crippen LogP contribution in [0.15, 0.2) is 46.9 Å². The molecule has 0 saturated carbocycles. The first kappa shape index (κ1) is 17.9. The number of hydrogen-bond acceptors (Lipinski definition) is 5. The minimum absolute atomic E-state index is 0.267. The highest BCUT2D eigenvalue weighted by atomic mass is 79.9. The van der Waals surface area contributed by atoms with E-state index in [4.69, 9.17) is 9.72 Å².